The molecule has 5 rings (SSSR count). The van der Waals surface area contributed by atoms with Crippen LogP contribution in [-0.2, 0) is 15.1 Å². The lowest BCUT2D eigenvalue weighted by atomic mass is 9.92. The summed E-state index contributed by atoms with van der Waals surface area (Å²) >= 11 is 6.23. The monoisotopic (exact) mass is 385 g/mol. The van der Waals surface area contributed by atoms with Crippen molar-refractivity contribution in [3.05, 3.63) is 52.2 Å². The zero-order valence-corrected chi connectivity index (χ0v) is 15.5. The maximum Gasteiger partial charge on any atom is 0.226 e. The van der Waals surface area contributed by atoms with E-state index in [0.29, 0.717) is 36.9 Å². The highest BCUT2D eigenvalue weighted by atomic mass is 35.5. The highest BCUT2D eigenvalue weighted by molar-refractivity contribution is 6.31. The summed E-state index contributed by atoms with van der Waals surface area (Å²) in [5.41, 5.74) is 2.28. The van der Waals surface area contributed by atoms with Gasteiger partial charge in [0.05, 0.1) is 11.7 Å². The first-order valence-electron chi connectivity index (χ1n) is 9.19. The van der Waals surface area contributed by atoms with Crippen molar-refractivity contribution in [2.75, 3.05) is 26.3 Å². The van der Waals surface area contributed by atoms with Crippen LogP contribution < -0.4 is 0 Å². The summed E-state index contributed by atoms with van der Waals surface area (Å²) in [4.78, 5) is 14.7. The number of amides is 1. The molecule has 1 aliphatic carbocycles. The van der Waals surface area contributed by atoms with Crippen LogP contribution in [0.3, 0.4) is 0 Å². The number of benzene rings is 1. The fraction of sp³-hybridized carbons (Fsp3) is 0.400. The summed E-state index contributed by atoms with van der Waals surface area (Å²) in [6.45, 7) is 2.40. The van der Waals surface area contributed by atoms with E-state index in [0.717, 1.165) is 34.9 Å². The summed E-state index contributed by atoms with van der Waals surface area (Å²) in [6, 6.07) is 3.57. The van der Waals surface area contributed by atoms with Crippen molar-refractivity contribution >= 4 is 28.4 Å². The number of likely N-dealkylation sites (tertiary alicyclic amines) is 1. The zero-order valence-electron chi connectivity index (χ0n) is 14.7. The van der Waals surface area contributed by atoms with E-state index >= 15 is 0 Å². The predicted octanol–water partition coefficient (Wildman–Crippen LogP) is 2.54. The lowest BCUT2D eigenvalue weighted by Gasteiger charge is -2.26. The number of nitrogens with one attached hydrogen (secondary N) is 1. The van der Waals surface area contributed by atoms with Crippen LogP contribution >= 0.6 is 11.6 Å². The van der Waals surface area contributed by atoms with Crippen molar-refractivity contribution in [1.82, 2.24) is 15.1 Å². The van der Waals surface area contributed by atoms with E-state index in [1.54, 1.807) is 18.3 Å². The van der Waals surface area contributed by atoms with E-state index in [1.165, 1.54) is 0 Å². The van der Waals surface area contributed by atoms with Crippen LogP contribution in [0.5, 0.6) is 0 Å². The first-order valence-corrected chi connectivity index (χ1v) is 9.57. The molecule has 6 nitrogen and oxygen atoms in total. The molecule has 0 saturated carbocycles. The molecule has 0 spiro atoms. The Hall–Kier alpha value is -2.15. The largest absolute Gasteiger partial charge is 0.381 e. The third-order valence-corrected chi connectivity index (χ3v) is 5.98. The number of carbonyl (C=O) groups is 1. The Labute approximate surface area is 161 Å². The summed E-state index contributed by atoms with van der Waals surface area (Å²) in [5.74, 6) is 0.245. The molecule has 0 atom stereocenters. The van der Waals surface area contributed by atoms with E-state index in [1.807, 2.05) is 17.1 Å². The molecular formula is C20H20ClN3O3. The molecule has 2 N–H and O–H groups in total. The summed E-state index contributed by atoms with van der Waals surface area (Å²) in [5, 5.41) is 19.7. The average Bonchev–Trinajstić information content (AvgIpc) is 3.34. The van der Waals surface area contributed by atoms with E-state index in [2.05, 4.69) is 10.2 Å². The molecule has 3 heterocycles. The SMILES string of the molecule is O=C(C1CCOCC1)N1CC2=CC(O)(c3cc(Cl)cc4[nH]ncc34)C=C2C1. The smallest absolute Gasteiger partial charge is 0.226 e. The summed E-state index contributed by atoms with van der Waals surface area (Å²) in [6.07, 6.45) is 6.97. The average molecular weight is 386 g/mol. The molecule has 2 saturated heterocycles. The van der Waals surface area contributed by atoms with Gasteiger partial charge in [-0.1, -0.05) is 11.6 Å². The van der Waals surface area contributed by atoms with Gasteiger partial charge in [-0.15, -0.1) is 0 Å². The van der Waals surface area contributed by atoms with Crippen molar-refractivity contribution in [2.24, 2.45) is 5.92 Å². The molecule has 140 valence electrons. The van der Waals surface area contributed by atoms with Crippen molar-refractivity contribution in [3.8, 4) is 0 Å². The molecule has 1 aromatic carbocycles. The number of ether oxygens (including phenoxy) is 1. The number of H-pyrrole nitrogens is 1. The molecule has 27 heavy (non-hydrogen) atoms. The number of aromatic nitrogens is 2. The number of fused-ring (bicyclic) bond motifs is 2. The Morgan fingerprint density at radius 1 is 1.26 bits per heavy atom. The molecule has 7 heteroatoms. The minimum atomic E-state index is -1.23. The molecule has 3 aliphatic rings. The fourth-order valence-electron chi connectivity index (χ4n) is 4.38. The standard InChI is InChI=1S/C20H20ClN3O3/c21-15-5-17(16-9-22-23-18(16)6-15)20(26)7-13-10-24(11-14(13)8-20)19(25)12-1-3-27-4-2-12/h5-9,12,26H,1-4,10-11H2,(H,22,23). The number of aliphatic hydroxyl groups is 1. The van der Waals surface area contributed by atoms with Gasteiger partial charge >= 0.3 is 0 Å². The third-order valence-electron chi connectivity index (χ3n) is 5.76. The van der Waals surface area contributed by atoms with Gasteiger partial charge in [0.2, 0.25) is 5.91 Å². The Bertz CT molecular complexity index is 966. The van der Waals surface area contributed by atoms with Crippen LogP contribution in [-0.4, -0.2) is 52.4 Å². The second-order valence-electron chi connectivity index (χ2n) is 7.53. The van der Waals surface area contributed by atoms with Crippen molar-refractivity contribution in [3.63, 3.8) is 0 Å². The Balaban J connectivity index is 1.42. The van der Waals surface area contributed by atoms with Crippen molar-refractivity contribution in [1.29, 1.82) is 0 Å². The second-order valence-corrected chi connectivity index (χ2v) is 7.97. The van der Waals surface area contributed by atoms with Crippen LogP contribution in [0.15, 0.2) is 41.6 Å². The van der Waals surface area contributed by atoms with E-state index in [9.17, 15) is 9.90 Å². The Kier molecular flexibility index (Phi) is 3.89. The topological polar surface area (TPSA) is 78.5 Å². The van der Waals surface area contributed by atoms with Gasteiger partial charge in [-0.3, -0.25) is 9.89 Å². The number of carbonyl (C=O) groups excluding carboxylic acids is 1. The quantitative estimate of drug-likeness (QED) is 0.832. The van der Waals surface area contributed by atoms with Gasteiger partial charge in [0.15, 0.2) is 0 Å². The summed E-state index contributed by atoms with van der Waals surface area (Å²) in [7, 11) is 0. The van der Waals surface area contributed by atoms with Crippen LogP contribution in [0.25, 0.3) is 10.9 Å². The number of halogens is 1. The van der Waals surface area contributed by atoms with Crippen molar-refractivity contribution < 1.29 is 14.6 Å². The van der Waals surface area contributed by atoms with Gasteiger partial charge in [0.25, 0.3) is 0 Å². The molecule has 1 amide bonds. The van der Waals surface area contributed by atoms with Gasteiger partial charge in [0, 0.05) is 48.2 Å². The minimum Gasteiger partial charge on any atom is -0.381 e. The van der Waals surface area contributed by atoms with E-state index < -0.39 is 5.60 Å². The predicted molar refractivity (Wildman–Crippen MR) is 101 cm³/mol. The summed E-state index contributed by atoms with van der Waals surface area (Å²) < 4.78 is 5.36. The van der Waals surface area contributed by atoms with Crippen molar-refractivity contribution in [2.45, 2.75) is 18.4 Å². The number of aromatic amines is 1. The van der Waals surface area contributed by atoms with E-state index in [4.69, 9.17) is 16.3 Å². The third kappa shape index (κ3) is 2.79. The maximum atomic E-state index is 12.8. The van der Waals surface area contributed by atoms with Gasteiger partial charge in [-0.2, -0.15) is 5.10 Å². The Morgan fingerprint density at radius 3 is 2.67 bits per heavy atom. The van der Waals surface area contributed by atoms with Gasteiger partial charge < -0.3 is 14.7 Å². The molecule has 2 aliphatic heterocycles. The minimum absolute atomic E-state index is 0.0520. The lowest BCUT2D eigenvalue weighted by molar-refractivity contribution is -0.137. The highest BCUT2D eigenvalue weighted by Gasteiger charge is 2.39. The molecule has 0 unspecified atom stereocenters. The van der Waals surface area contributed by atoms with Crippen LogP contribution in [0.1, 0.15) is 18.4 Å². The molecule has 0 radical (unpaired) electrons. The highest BCUT2D eigenvalue weighted by Crippen LogP contribution is 2.42. The molecule has 1 aromatic heterocycles. The number of nitrogens with zero attached hydrogens (tertiary/aromatic N) is 2. The first-order chi connectivity index (χ1) is 13.0. The number of hydrogen-bond acceptors (Lipinski definition) is 4. The second kappa shape index (κ2) is 6.19. The molecular weight excluding hydrogens is 366 g/mol. The number of rotatable bonds is 2. The first kappa shape index (κ1) is 17.0. The maximum absolute atomic E-state index is 12.8. The van der Waals surface area contributed by atoms with Gasteiger partial charge in [-0.05, 0) is 48.3 Å². The molecule has 2 fully saturated rings. The Morgan fingerprint density at radius 2 is 1.96 bits per heavy atom. The van der Waals surface area contributed by atoms with Crippen LogP contribution in [0.2, 0.25) is 5.02 Å². The lowest BCUT2D eigenvalue weighted by Crippen LogP contribution is -2.37. The number of hydrogen-bond donors (Lipinski definition) is 2. The molecule has 2 aromatic rings. The van der Waals surface area contributed by atoms with Gasteiger partial charge in [-0.25, -0.2) is 0 Å². The molecule has 0 bridgehead atoms. The van der Waals surface area contributed by atoms with E-state index in [-0.39, 0.29) is 11.8 Å². The zero-order chi connectivity index (χ0) is 18.6. The van der Waals surface area contributed by atoms with Crippen LogP contribution in [0, 0.1) is 5.92 Å². The van der Waals surface area contributed by atoms with Gasteiger partial charge in [0.1, 0.15) is 5.60 Å². The normalized spacial score (nSPS) is 22.1. The fourth-order valence-corrected chi connectivity index (χ4v) is 4.60. The van der Waals surface area contributed by atoms with Crippen LogP contribution in [0.4, 0.5) is 0 Å².